The number of hydrogen-bond donors (Lipinski definition) is 2. The Hall–Kier alpha value is -2.45. The smallest absolute Gasteiger partial charge is 0.233 e. The zero-order valence-electron chi connectivity index (χ0n) is 15.1. The number of amides is 1. The average Bonchev–Trinajstić information content (AvgIpc) is 3.35. The highest BCUT2D eigenvalue weighted by Crippen LogP contribution is 2.32. The third kappa shape index (κ3) is 4.34. The van der Waals surface area contributed by atoms with Gasteiger partial charge in [0.1, 0.15) is 0 Å². The summed E-state index contributed by atoms with van der Waals surface area (Å²) in [7, 11) is 0. The van der Waals surface area contributed by atoms with Crippen LogP contribution in [0.4, 0.5) is 0 Å². The predicted molar refractivity (Wildman–Crippen MR) is 111 cm³/mol. The van der Waals surface area contributed by atoms with Crippen LogP contribution in [0.15, 0.2) is 58.3 Å². The lowest BCUT2D eigenvalue weighted by molar-refractivity contribution is -0.120. The summed E-state index contributed by atoms with van der Waals surface area (Å²) in [5.41, 5.74) is 2.93. The average molecular weight is 460 g/mol. The first-order valence-corrected chi connectivity index (χ1v) is 10.4. The molecule has 1 amide bonds. The summed E-state index contributed by atoms with van der Waals surface area (Å²) >= 11 is 4.82. The number of ether oxygens (including phenoxy) is 2. The Kier molecular flexibility index (Phi) is 5.59. The molecule has 0 aliphatic carbocycles. The molecule has 1 aliphatic heterocycles. The summed E-state index contributed by atoms with van der Waals surface area (Å²) in [6.45, 7) is 2.54. The minimum atomic E-state index is -0.280. The SMILES string of the molecule is C[C@H](Sc1ncc(-c2ccc(Br)cc2)[nH]1)C(=O)NCc1ccc2c(c1)OCO2. The highest BCUT2D eigenvalue weighted by atomic mass is 79.9. The number of carbonyl (C=O) groups excluding carboxylic acids is 1. The van der Waals surface area contributed by atoms with Crippen molar-refractivity contribution < 1.29 is 14.3 Å². The van der Waals surface area contributed by atoms with Crippen molar-refractivity contribution in [3.05, 3.63) is 58.7 Å². The van der Waals surface area contributed by atoms with Gasteiger partial charge in [0.25, 0.3) is 0 Å². The van der Waals surface area contributed by atoms with E-state index >= 15 is 0 Å². The molecule has 6 nitrogen and oxygen atoms in total. The first-order valence-electron chi connectivity index (χ1n) is 8.72. The van der Waals surface area contributed by atoms with Crippen LogP contribution in [0.1, 0.15) is 12.5 Å². The molecule has 0 saturated heterocycles. The number of aromatic nitrogens is 2. The number of nitrogens with zero attached hydrogens (tertiary/aromatic N) is 1. The third-order valence-electron chi connectivity index (χ3n) is 4.27. The first kappa shape index (κ1) is 18.9. The van der Waals surface area contributed by atoms with Crippen molar-refractivity contribution in [3.8, 4) is 22.8 Å². The summed E-state index contributed by atoms with van der Waals surface area (Å²) in [5, 5.41) is 3.38. The van der Waals surface area contributed by atoms with E-state index in [9.17, 15) is 4.79 Å². The molecule has 1 aromatic heterocycles. The number of hydrogen-bond acceptors (Lipinski definition) is 5. The zero-order chi connectivity index (χ0) is 19.5. The molecule has 0 saturated carbocycles. The molecule has 2 aromatic carbocycles. The number of nitrogens with one attached hydrogen (secondary N) is 2. The summed E-state index contributed by atoms with van der Waals surface area (Å²) < 4.78 is 11.7. The van der Waals surface area contributed by atoms with Crippen LogP contribution < -0.4 is 14.8 Å². The Balaban J connectivity index is 1.32. The lowest BCUT2D eigenvalue weighted by Crippen LogP contribution is -2.30. The molecular weight excluding hydrogens is 442 g/mol. The molecule has 8 heteroatoms. The normalized spacial score (nSPS) is 13.4. The number of H-pyrrole nitrogens is 1. The van der Waals surface area contributed by atoms with E-state index in [0.29, 0.717) is 17.5 Å². The molecule has 0 radical (unpaired) electrons. The molecule has 0 spiro atoms. The molecule has 4 rings (SSSR count). The van der Waals surface area contributed by atoms with Crippen molar-refractivity contribution in [3.63, 3.8) is 0 Å². The maximum atomic E-state index is 12.4. The van der Waals surface area contributed by atoms with E-state index in [0.717, 1.165) is 27.0 Å². The highest BCUT2D eigenvalue weighted by Gasteiger charge is 2.17. The molecule has 1 aliphatic rings. The number of halogens is 1. The lowest BCUT2D eigenvalue weighted by Gasteiger charge is -2.11. The van der Waals surface area contributed by atoms with E-state index in [1.165, 1.54) is 11.8 Å². The van der Waals surface area contributed by atoms with Crippen LogP contribution >= 0.6 is 27.7 Å². The van der Waals surface area contributed by atoms with E-state index in [2.05, 4.69) is 31.2 Å². The van der Waals surface area contributed by atoms with Gasteiger partial charge in [-0.1, -0.05) is 45.9 Å². The fourth-order valence-corrected chi connectivity index (χ4v) is 3.82. The largest absolute Gasteiger partial charge is 0.454 e. The summed E-state index contributed by atoms with van der Waals surface area (Å²) in [6.07, 6.45) is 1.78. The van der Waals surface area contributed by atoms with E-state index in [1.807, 2.05) is 49.4 Å². The fourth-order valence-electron chi connectivity index (χ4n) is 2.74. The van der Waals surface area contributed by atoms with Gasteiger partial charge in [-0.2, -0.15) is 0 Å². The molecule has 1 atom stereocenters. The second-order valence-electron chi connectivity index (χ2n) is 6.27. The van der Waals surface area contributed by atoms with Gasteiger partial charge in [-0.3, -0.25) is 4.79 Å². The second kappa shape index (κ2) is 8.28. The first-order chi connectivity index (χ1) is 13.6. The van der Waals surface area contributed by atoms with Crippen LogP contribution in [0.5, 0.6) is 11.5 Å². The Bertz CT molecular complexity index is 991. The number of thioether (sulfide) groups is 1. The van der Waals surface area contributed by atoms with Gasteiger partial charge in [0.2, 0.25) is 12.7 Å². The van der Waals surface area contributed by atoms with Gasteiger partial charge in [-0.15, -0.1) is 0 Å². The predicted octanol–water partition coefficient (Wildman–Crippen LogP) is 4.36. The van der Waals surface area contributed by atoms with Gasteiger partial charge in [-0.05, 0) is 42.3 Å². The molecule has 2 N–H and O–H groups in total. The van der Waals surface area contributed by atoms with Crippen LogP contribution in [0.2, 0.25) is 0 Å². The Morgan fingerprint density at radius 2 is 2.04 bits per heavy atom. The van der Waals surface area contributed by atoms with Gasteiger partial charge >= 0.3 is 0 Å². The standard InChI is InChI=1S/C20H18BrN3O3S/c1-12(19(25)22-9-13-2-7-17-18(8-13)27-11-26-17)28-20-23-10-16(24-20)14-3-5-15(21)6-4-14/h2-8,10,12H,9,11H2,1H3,(H,22,25)(H,23,24)/t12-/m0/s1. The van der Waals surface area contributed by atoms with Crippen molar-refractivity contribution in [1.82, 2.24) is 15.3 Å². The van der Waals surface area contributed by atoms with Crippen molar-refractivity contribution in [2.75, 3.05) is 6.79 Å². The number of benzene rings is 2. The Morgan fingerprint density at radius 1 is 1.25 bits per heavy atom. The Morgan fingerprint density at radius 3 is 2.86 bits per heavy atom. The fraction of sp³-hybridized carbons (Fsp3) is 0.200. The molecule has 0 bridgehead atoms. The van der Waals surface area contributed by atoms with E-state index in [4.69, 9.17) is 9.47 Å². The van der Waals surface area contributed by atoms with E-state index in [1.54, 1.807) is 6.20 Å². The molecule has 0 fully saturated rings. The van der Waals surface area contributed by atoms with E-state index < -0.39 is 0 Å². The summed E-state index contributed by atoms with van der Waals surface area (Å²) in [4.78, 5) is 20.1. The molecule has 0 unspecified atom stereocenters. The summed E-state index contributed by atoms with van der Waals surface area (Å²) in [6, 6.07) is 13.6. The number of aromatic amines is 1. The second-order valence-corrected chi connectivity index (χ2v) is 8.52. The van der Waals surface area contributed by atoms with Crippen LogP contribution in [-0.4, -0.2) is 27.9 Å². The van der Waals surface area contributed by atoms with Gasteiger partial charge in [0.15, 0.2) is 16.7 Å². The number of imidazole rings is 1. The molecule has 144 valence electrons. The molecule has 2 heterocycles. The van der Waals surface area contributed by atoms with Crippen molar-refractivity contribution in [1.29, 1.82) is 0 Å². The van der Waals surface area contributed by atoms with E-state index in [-0.39, 0.29) is 18.0 Å². The topological polar surface area (TPSA) is 76.2 Å². The molecule has 28 heavy (non-hydrogen) atoms. The van der Waals surface area contributed by atoms with Crippen molar-refractivity contribution in [2.24, 2.45) is 0 Å². The Labute approximate surface area is 175 Å². The number of fused-ring (bicyclic) bond motifs is 1. The van der Waals surface area contributed by atoms with Gasteiger partial charge in [0.05, 0.1) is 17.1 Å². The van der Waals surface area contributed by atoms with Gasteiger partial charge < -0.3 is 19.8 Å². The van der Waals surface area contributed by atoms with Crippen LogP contribution in [0, 0.1) is 0 Å². The quantitative estimate of drug-likeness (QED) is 0.535. The van der Waals surface area contributed by atoms with Crippen molar-refractivity contribution in [2.45, 2.75) is 23.9 Å². The van der Waals surface area contributed by atoms with Crippen LogP contribution in [0.3, 0.4) is 0 Å². The monoisotopic (exact) mass is 459 g/mol. The third-order valence-corrected chi connectivity index (χ3v) is 5.80. The lowest BCUT2D eigenvalue weighted by atomic mass is 10.2. The summed E-state index contributed by atoms with van der Waals surface area (Å²) in [5.74, 6) is 1.40. The molecule has 3 aromatic rings. The zero-order valence-corrected chi connectivity index (χ0v) is 17.5. The van der Waals surface area contributed by atoms with Gasteiger partial charge in [0, 0.05) is 11.0 Å². The molecular formula is C20H18BrN3O3S. The maximum absolute atomic E-state index is 12.4. The minimum Gasteiger partial charge on any atom is -0.454 e. The number of carbonyl (C=O) groups is 1. The highest BCUT2D eigenvalue weighted by molar-refractivity contribution is 9.10. The maximum Gasteiger partial charge on any atom is 0.233 e. The van der Waals surface area contributed by atoms with Gasteiger partial charge in [-0.25, -0.2) is 4.98 Å². The van der Waals surface area contributed by atoms with Crippen molar-refractivity contribution >= 4 is 33.6 Å². The van der Waals surface area contributed by atoms with Crippen LogP contribution in [-0.2, 0) is 11.3 Å². The minimum absolute atomic E-state index is 0.0516. The number of rotatable bonds is 6. The van der Waals surface area contributed by atoms with Crippen LogP contribution in [0.25, 0.3) is 11.3 Å².